The van der Waals surface area contributed by atoms with Crippen molar-refractivity contribution in [1.29, 1.82) is 0 Å². The summed E-state index contributed by atoms with van der Waals surface area (Å²) in [6, 6.07) is 0. The molecule has 0 saturated heterocycles. The Balaban J connectivity index is 3.94. The number of hydrogen-bond acceptors (Lipinski definition) is 8. The number of ether oxygens (including phenoxy) is 2. The maximum Gasteiger partial charge on any atom is 0.306 e. The van der Waals surface area contributed by atoms with Crippen LogP contribution in [0.25, 0.3) is 0 Å². The Bertz CT molecular complexity index is 1720. The molecular formula is C73H130NO8P. The summed E-state index contributed by atoms with van der Waals surface area (Å²) in [4.78, 5) is 38.0. The Morgan fingerprint density at radius 2 is 0.687 bits per heavy atom. The van der Waals surface area contributed by atoms with E-state index in [4.69, 9.17) is 18.5 Å². The second kappa shape index (κ2) is 63.4. The highest BCUT2D eigenvalue weighted by atomic mass is 31.2. The number of unbranched alkanes of at least 4 members (excludes halogenated alkanes) is 33. The zero-order valence-electron chi connectivity index (χ0n) is 54.6. The summed E-state index contributed by atoms with van der Waals surface area (Å²) >= 11 is 0. The summed E-state index contributed by atoms with van der Waals surface area (Å²) in [5.41, 5.74) is 0. The van der Waals surface area contributed by atoms with E-state index in [1.807, 2.05) is 21.1 Å². The zero-order valence-corrected chi connectivity index (χ0v) is 55.5. The van der Waals surface area contributed by atoms with Gasteiger partial charge >= 0.3 is 11.9 Å². The smallest absolute Gasteiger partial charge is 0.306 e. The molecule has 2 unspecified atom stereocenters. The summed E-state index contributed by atoms with van der Waals surface area (Å²) < 4.78 is 34.2. The number of allylic oxidation sites excluding steroid dienone is 16. The van der Waals surface area contributed by atoms with E-state index in [0.717, 1.165) is 96.3 Å². The first-order valence-electron chi connectivity index (χ1n) is 34.4. The van der Waals surface area contributed by atoms with Gasteiger partial charge in [-0.2, -0.15) is 0 Å². The van der Waals surface area contributed by atoms with Gasteiger partial charge < -0.3 is 27.9 Å². The number of likely N-dealkylation sites (N-methyl/N-ethyl adjacent to an activating group) is 1. The van der Waals surface area contributed by atoms with Crippen molar-refractivity contribution in [3.63, 3.8) is 0 Å². The third-order valence-corrected chi connectivity index (χ3v) is 15.8. The molecule has 10 heteroatoms. The third kappa shape index (κ3) is 67.9. The number of rotatable bonds is 63. The fraction of sp³-hybridized carbons (Fsp3) is 0.753. The minimum absolute atomic E-state index is 0.0332. The molecule has 0 aromatic carbocycles. The minimum Gasteiger partial charge on any atom is -0.756 e. The van der Waals surface area contributed by atoms with E-state index in [-0.39, 0.29) is 32.0 Å². The lowest BCUT2D eigenvalue weighted by atomic mass is 10.0. The maximum atomic E-state index is 12.8. The van der Waals surface area contributed by atoms with E-state index in [1.165, 1.54) is 173 Å². The average Bonchev–Trinajstić information content (AvgIpc) is 3.48. The highest BCUT2D eigenvalue weighted by Crippen LogP contribution is 2.38. The molecule has 0 aliphatic heterocycles. The van der Waals surface area contributed by atoms with Crippen LogP contribution in [-0.4, -0.2) is 70.0 Å². The van der Waals surface area contributed by atoms with E-state index < -0.39 is 26.5 Å². The monoisotopic (exact) mass is 1180 g/mol. The Labute approximate surface area is 513 Å². The topological polar surface area (TPSA) is 111 Å². The molecule has 0 aromatic heterocycles. The van der Waals surface area contributed by atoms with Gasteiger partial charge in [-0.15, -0.1) is 0 Å². The van der Waals surface area contributed by atoms with Crippen molar-refractivity contribution in [2.45, 2.75) is 309 Å². The van der Waals surface area contributed by atoms with Crippen LogP contribution in [-0.2, 0) is 32.7 Å². The number of hydrogen-bond donors (Lipinski definition) is 0. The van der Waals surface area contributed by atoms with Crippen molar-refractivity contribution in [2.75, 3.05) is 47.5 Å². The third-order valence-electron chi connectivity index (χ3n) is 14.8. The molecule has 0 heterocycles. The van der Waals surface area contributed by atoms with Crippen LogP contribution in [0.5, 0.6) is 0 Å². The largest absolute Gasteiger partial charge is 0.756 e. The van der Waals surface area contributed by atoms with Crippen molar-refractivity contribution in [3.8, 4) is 0 Å². The molecule has 0 amide bonds. The first kappa shape index (κ1) is 79.9. The summed E-state index contributed by atoms with van der Waals surface area (Å²) in [5, 5.41) is 0. The van der Waals surface area contributed by atoms with E-state index in [0.29, 0.717) is 17.4 Å². The lowest BCUT2D eigenvalue weighted by Crippen LogP contribution is -2.37. The Morgan fingerprint density at radius 1 is 0.386 bits per heavy atom. The SMILES string of the molecule is CC/C=C\C/C=C\C/C=C\C/C=C\C/C=C\C/C=C\CCCCCCCCCCCCCCCCCCCCCCCCC(=O)OC(COC(=O)CCCCCCCCC/C=C\C/C=C\CCCCCC)COP(=O)([O-])OCC[N+](C)(C)C. The average molecular weight is 1180 g/mol. The first-order valence-corrected chi connectivity index (χ1v) is 35.9. The molecule has 83 heavy (non-hydrogen) atoms. The van der Waals surface area contributed by atoms with Crippen LogP contribution in [0.1, 0.15) is 303 Å². The van der Waals surface area contributed by atoms with Crippen LogP contribution in [0.15, 0.2) is 97.2 Å². The van der Waals surface area contributed by atoms with Gasteiger partial charge in [0.2, 0.25) is 0 Å². The van der Waals surface area contributed by atoms with Gasteiger partial charge in [0.05, 0.1) is 27.7 Å². The second-order valence-electron chi connectivity index (χ2n) is 24.2. The van der Waals surface area contributed by atoms with Crippen molar-refractivity contribution < 1.29 is 42.1 Å². The van der Waals surface area contributed by atoms with Crippen molar-refractivity contribution in [3.05, 3.63) is 97.2 Å². The molecule has 0 fully saturated rings. The van der Waals surface area contributed by atoms with Crippen molar-refractivity contribution >= 4 is 19.8 Å². The molecule has 0 aliphatic carbocycles. The Hall–Kier alpha value is -3.07. The van der Waals surface area contributed by atoms with Gasteiger partial charge in [-0.3, -0.25) is 14.2 Å². The first-order chi connectivity index (χ1) is 40.5. The molecule has 0 bridgehead atoms. The minimum atomic E-state index is -4.64. The van der Waals surface area contributed by atoms with Crippen LogP contribution >= 0.6 is 7.82 Å². The van der Waals surface area contributed by atoms with Gasteiger partial charge in [-0.25, -0.2) is 0 Å². The highest BCUT2D eigenvalue weighted by Gasteiger charge is 2.22. The Kier molecular flexibility index (Phi) is 61.1. The number of nitrogens with zero attached hydrogens (tertiary/aromatic N) is 1. The fourth-order valence-electron chi connectivity index (χ4n) is 9.57. The number of esters is 2. The van der Waals surface area contributed by atoms with Crippen LogP contribution in [0.4, 0.5) is 0 Å². The molecule has 0 aromatic rings. The molecule has 9 nitrogen and oxygen atoms in total. The van der Waals surface area contributed by atoms with Crippen LogP contribution < -0.4 is 4.89 Å². The van der Waals surface area contributed by atoms with Crippen molar-refractivity contribution in [1.82, 2.24) is 0 Å². The summed E-state index contributed by atoms with van der Waals surface area (Å²) in [6.07, 6.45) is 87.8. The van der Waals surface area contributed by atoms with Crippen molar-refractivity contribution in [2.24, 2.45) is 0 Å². The van der Waals surface area contributed by atoms with E-state index >= 15 is 0 Å². The van der Waals surface area contributed by atoms with E-state index in [9.17, 15) is 19.0 Å². The zero-order chi connectivity index (χ0) is 60.5. The summed E-state index contributed by atoms with van der Waals surface area (Å²) in [6.45, 7) is 4.12. The fourth-order valence-corrected chi connectivity index (χ4v) is 10.3. The molecule has 0 N–H and O–H groups in total. The number of phosphoric acid groups is 1. The number of quaternary nitrogens is 1. The van der Waals surface area contributed by atoms with Gasteiger partial charge in [0.1, 0.15) is 19.8 Å². The molecular weight excluding hydrogens is 1050 g/mol. The standard InChI is InChI=1S/C73H130NO8P/c1-6-8-10-12-14-16-18-20-22-24-26-27-28-29-30-31-32-33-34-35-36-37-38-39-40-41-42-43-44-45-46-47-48-50-52-54-56-58-60-62-64-66-73(76)82-71(70-81-83(77,78)80-68-67-74(3,4)5)69-79-72(75)65-63-61-59-57-55-53-51-49-25-23-21-19-17-15-13-11-9-7-2/h8,10,14,16-17,19-20,22-23,25-27,29-30,32-33,71H,6-7,9,11-13,15,18,21,24,28,31,34-70H2,1-5H3/b10-8-,16-14-,19-17-,22-20-,25-23-,27-26-,30-29-,33-32-. The number of carbonyl (C=O) groups is 2. The van der Waals surface area contributed by atoms with Gasteiger partial charge in [-0.05, 0) is 96.3 Å². The van der Waals surface area contributed by atoms with Crippen LogP contribution in [0.3, 0.4) is 0 Å². The molecule has 0 saturated carbocycles. The predicted molar refractivity (Wildman–Crippen MR) is 355 cm³/mol. The van der Waals surface area contributed by atoms with Gasteiger partial charge in [0, 0.05) is 12.8 Å². The molecule has 480 valence electrons. The number of carbonyl (C=O) groups excluding carboxylic acids is 2. The second-order valence-corrected chi connectivity index (χ2v) is 25.6. The highest BCUT2D eigenvalue weighted by molar-refractivity contribution is 7.45. The lowest BCUT2D eigenvalue weighted by Gasteiger charge is -2.28. The van der Waals surface area contributed by atoms with E-state index in [2.05, 4.69) is 111 Å². The molecule has 0 rings (SSSR count). The Morgan fingerprint density at radius 3 is 1.02 bits per heavy atom. The van der Waals surface area contributed by atoms with Gasteiger partial charge in [0.25, 0.3) is 7.82 Å². The lowest BCUT2D eigenvalue weighted by molar-refractivity contribution is -0.870. The number of phosphoric ester groups is 1. The van der Waals surface area contributed by atoms with Gasteiger partial charge in [-0.1, -0.05) is 291 Å². The van der Waals surface area contributed by atoms with E-state index in [1.54, 1.807) is 0 Å². The molecule has 0 spiro atoms. The summed E-state index contributed by atoms with van der Waals surface area (Å²) in [5.74, 6) is -0.833. The quantitative estimate of drug-likeness (QED) is 0.0195. The maximum absolute atomic E-state index is 12.8. The summed E-state index contributed by atoms with van der Waals surface area (Å²) in [7, 11) is 1.17. The molecule has 2 atom stereocenters. The molecule has 0 aliphatic rings. The molecule has 0 radical (unpaired) electrons. The van der Waals surface area contributed by atoms with Crippen LogP contribution in [0, 0.1) is 0 Å². The normalized spacial score (nSPS) is 13.8. The van der Waals surface area contributed by atoms with Gasteiger partial charge in [0.15, 0.2) is 6.10 Å². The predicted octanol–water partition coefficient (Wildman–Crippen LogP) is 21.7. The van der Waals surface area contributed by atoms with Crippen LogP contribution in [0.2, 0.25) is 0 Å².